The molecular weight excluding hydrogens is 281 g/mol. The van der Waals surface area contributed by atoms with E-state index in [1.807, 2.05) is 18.3 Å². The first-order valence-electron chi connectivity index (χ1n) is 5.02. The molecule has 1 aromatic carbocycles. The molecule has 1 aromatic heterocycles. The van der Waals surface area contributed by atoms with Gasteiger partial charge in [0.25, 0.3) is 0 Å². The van der Waals surface area contributed by atoms with Crippen LogP contribution in [0.1, 0.15) is 0 Å². The Kier molecular flexibility index (Phi) is 4.05. The van der Waals surface area contributed by atoms with Gasteiger partial charge in [-0.05, 0) is 0 Å². The zero-order chi connectivity index (χ0) is 11.4. The third-order valence-electron chi connectivity index (χ3n) is 2.26. The fourth-order valence-electron chi connectivity index (χ4n) is 1.53. The minimum absolute atomic E-state index is 0.461. The SMILES string of the molecule is C=CC[Se]c1c(SC)cnc2ccccc12. The number of benzene rings is 1. The summed E-state index contributed by atoms with van der Waals surface area (Å²) in [6.45, 7) is 3.80. The standard InChI is InChI=1S/C13H13NSSe/c1-3-8-16-13-10-6-4-5-7-11(10)14-9-12(13)15-2/h3-7,9H,1,8H2,2H3. The number of hydrogen-bond donors (Lipinski definition) is 0. The first-order chi connectivity index (χ1) is 7.86. The summed E-state index contributed by atoms with van der Waals surface area (Å²) in [7, 11) is 0. The number of hydrogen-bond acceptors (Lipinski definition) is 2. The van der Waals surface area contributed by atoms with Crippen molar-refractivity contribution < 1.29 is 0 Å². The molecule has 0 atom stereocenters. The van der Waals surface area contributed by atoms with Crippen molar-refractivity contribution in [2.75, 3.05) is 6.26 Å². The summed E-state index contributed by atoms with van der Waals surface area (Å²) in [6, 6.07) is 8.37. The van der Waals surface area contributed by atoms with Gasteiger partial charge in [-0.2, -0.15) is 0 Å². The molecule has 0 radical (unpaired) electrons. The number of allylic oxidation sites excluding steroid dienone is 1. The van der Waals surface area contributed by atoms with Crippen molar-refractivity contribution >= 4 is 42.1 Å². The first-order valence-corrected chi connectivity index (χ1v) is 8.31. The molecule has 0 aliphatic heterocycles. The molecule has 82 valence electrons. The van der Waals surface area contributed by atoms with Crippen molar-refractivity contribution in [2.45, 2.75) is 10.2 Å². The average molecular weight is 294 g/mol. The van der Waals surface area contributed by atoms with Crippen LogP contribution in [0, 0.1) is 0 Å². The molecule has 16 heavy (non-hydrogen) atoms. The zero-order valence-corrected chi connectivity index (χ0v) is 11.7. The molecule has 0 spiro atoms. The third kappa shape index (κ3) is 2.32. The Labute approximate surface area is 107 Å². The Balaban J connectivity index is 2.58. The Morgan fingerprint density at radius 1 is 1.44 bits per heavy atom. The molecule has 1 heterocycles. The number of thioether (sulfide) groups is 1. The molecular formula is C13H13NSSe. The molecule has 2 rings (SSSR count). The third-order valence-corrected chi connectivity index (χ3v) is 5.67. The summed E-state index contributed by atoms with van der Waals surface area (Å²) >= 11 is 2.24. The summed E-state index contributed by atoms with van der Waals surface area (Å²) < 4.78 is 1.46. The minimum atomic E-state index is 0.461. The van der Waals surface area contributed by atoms with Crippen molar-refractivity contribution in [2.24, 2.45) is 0 Å². The molecule has 0 amide bonds. The van der Waals surface area contributed by atoms with Crippen LogP contribution in [0.15, 0.2) is 48.0 Å². The molecule has 1 nitrogen and oxygen atoms in total. The first kappa shape index (κ1) is 11.7. The second-order valence-corrected chi connectivity index (χ2v) is 6.28. The molecule has 3 heteroatoms. The predicted octanol–water partition coefficient (Wildman–Crippen LogP) is 2.89. The number of para-hydroxylation sites is 1. The van der Waals surface area contributed by atoms with Crippen molar-refractivity contribution in [1.29, 1.82) is 0 Å². The number of nitrogens with zero attached hydrogens (tertiary/aromatic N) is 1. The summed E-state index contributed by atoms with van der Waals surface area (Å²) in [5.74, 6) is 0. The van der Waals surface area contributed by atoms with Gasteiger partial charge in [0, 0.05) is 0 Å². The molecule has 0 N–H and O–H groups in total. The molecule has 0 aliphatic rings. The number of fused-ring (bicyclic) bond motifs is 1. The van der Waals surface area contributed by atoms with Gasteiger partial charge in [-0.25, -0.2) is 0 Å². The van der Waals surface area contributed by atoms with Gasteiger partial charge in [0.1, 0.15) is 0 Å². The van der Waals surface area contributed by atoms with Crippen LogP contribution in [0.25, 0.3) is 10.9 Å². The van der Waals surface area contributed by atoms with E-state index in [0.717, 1.165) is 10.8 Å². The Morgan fingerprint density at radius 2 is 2.25 bits per heavy atom. The van der Waals surface area contributed by atoms with Crippen LogP contribution >= 0.6 is 11.8 Å². The molecule has 0 aliphatic carbocycles. The Bertz CT molecular complexity index is 510. The maximum atomic E-state index is 4.48. The maximum absolute atomic E-state index is 4.48. The van der Waals surface area contributed by atoms with Gasteiger partial charge in [0.2, 0.25) is 0 Å². The molecule has 0 saturated heterocycles. The van der Waals surface area contributed by atoms with E-state index in [4.69, 9.17) is 0 Å². The van der Waals surface area contributed by atoms with E-state index in [0.29, 0.717) is 15.0 Å². The normalized spacial score (nSPS) is 10.6. The van der Waals surface area contributed by atoms with E-state index in [9.17, 15) is 0 Å². The van der Waals surface area contributed by atoms with Gasteiger partial charge >= 0.3 is 107 Å². The summed E-state index contributed by atoms with van der Waals surface area (Å²) in [6.07, 6.45) is 6.10. The van der Waals surface area contributed by atoms with Crippen LogP contribution in [0.3, 0.4) is 0 Å². The number of rotatable bonds is 4. The second-order valence-electron chi connectivity index (χ2n) is 3.27. The fraction of sp³-hybridized carbons (Fsp3) is 0.154. The topological polar surface area (TPSA) is 12.9 Å². The predicted molar refractivity (Wildman–Crippen MR) is 73.9 cm³/mol. The molecule has 0 fully saturated rings. The summed E-state index contributed by atoms with van der Waals surface area (Å²) in [5, 5.41) is 2.38. The zero-order valence-electron chi connectivity index (χ0n) is 9.14. The molecule has 0 unspecified atom stereocenters. The van der Waals surface area contributed by atoms with Gasteiger partial charge < -0.3 is 0 Å². The molecule has 0 bridgehead atoms. The van der Waals surface area contributed by atoms with E-state index in [-0.39, 0.29) is 0 Å². The van der Waals surface area contributed by atoms with Gasteiger partial charge in [0.15, 0.2) is 0 Å². The van der Waals surface area contributed by atoms with Crippen LogP contribution < -0.4 is 4.46 Å². The van der Waals surface area contributed by atoms with Crippen molar-refractivity contribution in [3.8, 4) is 0 Å². The van der Waals surface area contributed by atoms with Crippen molar-refractivity contribution in [3.05, 3.63) is 43.1 Å². The molecule has 0 saturated carbocycles. The van der Waals surface area contributed by atoms with Gasteiger partial charge in [-0.3, -0.25) is 0 Å². The van der Waals surface area contributed by atoms with E-state index < -0.39 is 0 Å². The van der Waals surface area contributed by atoms with Crippen LogP contribution in [-0.4, -0.2) is 26.2 Å². The van der Waals surface area contributed by atoms with E-state index >= 15 is 0 Å². The van der Waals surface area contributed by atoms with Crippen LogP contribution in [0.5, 0.6) is 0 Å². The number of aromatic nitrogens is 1. The average Bonchev–Trinajstić information content (AvgIpc) is 2.35. The number of pyridine rings is 1. The summed E-state index contributed by atoms with van der Waals surface area (Å²) in [5.41, 5.74) is 1.10. The monoisotopic (exact) mass is 295 g/mol. The van der Waals surface area contributed by atoms with Gasteiger partial charge in [-0.15, -0.1) is 0 Å². The van der Waals surface area contributed by atoms with Crippen molar-refractivity contribution in [3.63, 3.8) is 0 Å². The van der Waals surface area contributed by atoms with E-state index in [1.165, 1.54) is 14.7 Å². The Morgan fingerprint density at radius 3 is 3.00 bits per heavy atom. The van der Waals surface area contributed by atoms with Crippen LogP contribution in [0.2, 0.25) is 5.32 Å². The van der Waals surface area contributed by atoms with Gasteiger partial charge in [-0.1, -0.05) is 0 Å². The molecule has 2 aromatic rings. The summed E-state index contributed by atoms with van der Waals surface area (Å²) in [4.78, 5) is 5.79. The van der Waals surface area contributed by atoms with E-state index in [1.54, 1.807) is 11.8 Å². The Hall–Kier alpha value is -0.761. The van der Waals surface area contributed by atoms with Gasteiger partial charge in [0.05, 0.1) is 0 Å². The van der Waals surface area contributed by atoms with Crippen LogP contribution in [-0.2, 0) is 0 Å². The second kappa shape index (κ2) is 5.53. The van der Waals surface area contributed by atoms with Crippen molar-refractivity contribution in [1.82, 2.24) is 4.98 Å². The van der Waals surface area contributed by atoms with E-state index in [2.05, 4.69) is 36.0 Å². The quantitative estimate of drug-likeness (QED) is 0.488. The fourth-order valence-corrected chi connectivity index (χ4v) is 4.51. The van der Waals surface area contributed by atoms with Crippen LogP contribution in [0.4, 0.5) is 0 Å².